The van der Waals surface area contributed by atoms with Crippen molar-refractivity contribution >= 4 is 5.91 Å². The van der Waals surface area contributed by atoms with Gasteiger partial charge >= 0.3 is 0 Å². The fourth-order valence-electron chi connectivity index (χ4n) is 2.79. The monoisotopic (exact) mass is 379 g/mol. The van der Waals surface area contributed by atoms with Gasteiger partial charge in [0.15, 0.2) is 6.61 Å². The Morgan fingerprint density at radius 2 is 1.86 bits per heavy atom. The molecule has 0 radical (unpaired) electrons. The molecule has 1 amide bonds. The van der Waals surface area contributed by atoms with Crippen LogP contribution >= 0.6 is 0 Å². The molecule has 0 saturated heterocycles. The van der Waals surface area contributed by atoms with Crippen molar-refractivity contribution < 1.29 is 14.1 Å². The van der Waals surface area contributed by atoms with Gasteiger partial charge in [0.25, 0.3) is 5.91 Å². The van der Waals surface area contributed by atoms with Crippen molar-refractivity contribution in [3.8, 4) is 17.1 Å². The molecule has 0 saturated carbocycles. The molecular formula is C22H25N3O3. The first-order valence-electron chi connectivity index (χ1n) is 9.21. The summed E-state index contributed by atoms with van der Waals surface area (Å²) in [5, 5.41) is 4.03. The van der Waals surface area contributed by atoms with Gasteiger partial charge < -0.3 is 14.2 Å². The van der Waals surface area contributed by atoms with E-state index >= 15 is 0 Å². The highest BCUT2D eigenvalue weighted by molar-refractivity contribution is 5.78. The first-order valence-corrected chi connectivity index (χ1v) is 9.21. The van der Waals surface area contributed by atoms with Crippen molar-refractivity contribution in [2.75, 3.05) is 6.61 Å². The second kappa shape index (κ2) is 8.25. The smallest absolute Gasteiger partial charge is 0.261 e. The molecule has 1 heterocycles. The Bertz CT molecular complexity index is 929. The zero-order chi connectivity index (χ0) is 20.1. The number of benzene rings is 2. The first kappa shape index (κ1) is 19.6. The lowest BCUT2D eigenvalue weighted by molar-refractivity contribution is -0.139. The summed E-state index contributed by atoms with van der Waals surface area (Å²) in [5.74, 6) is 1.42. The Morgan fingerprint density at radius 3 is 2.54 bits per heavy atom. The van der Waals surface area contributed by atoms with Crippen LogP contribution in [0.5, 0.6) is 5.75 Å². The normalized spacial score (nSPS) is 11.3. The summed E-state index contributed by atoms with van der Waals surface area (Å²) < 4.78 is 11.1. The number of ether oxygens (including phenoxy) is 1. The van der Waals surface area contributed by atoms with Crippen molar-refractivity contribution in [1.82, 2.24) is 15.0 Å². The summed E-state index contributed by atoms with van der Waals surface area (Å²) in [6.45, 7) is 8.04. The van der Waals surface area contributed by atoms with E-state index in [0.29, 0.717) is 17.5 Å². The largest absolute Gasteiger partial charge is 0.484 e. The summed E-state index contributed by atoms with van der Waals surface area (Å²) in [7, 11) is 0. The van der Waals surface area contributed by atoms with Crippen LogP contribution in [0, 0.1) is 6.92 Å². The zero-order valence-electron chi connectivity index (χ0n) is 16.7. The van der Waals surface area contributed by atoms with E-state index in [1.165, 1.54) is 0 Å². The molecule has 6 nitrogen and oxygen atoms in total. The second-order valence-electron chi connectivity index (χ2n) is 7.63. The number of amides is 1. The highest BCUT2D eigenvalue weighted by Crippen LogP contribution is 2.20. The molecule has 2 aromatic carbocycles. The van der Waals surface area contributed by atoms with Gasteiger partial charge in [0.05, 0.1) is 0 Å². The molecule has 0 aliphatic heterocycles. The average molecular weight is 379 g/mol. The number of hydrogen-bond donors (Lipinski definition) is 0. The molecule has 0 spiro atoms. The molecule has 0 bridgehead atoms. The van der Waals surface area contributed by atoms with Gasteiger partial charge in [-0.3, -0.25) is 4.79 Å². The van der Waals surface area contributed by atoms with E-state index < -0.39 is 5.54 Å². The standard InChI is InChI=1S/C22H25N3O3/c1-16-9-8-12-18(13-16)27-15-20(26)25(22(2,3)4)14-19-23-21(24-28-19)17-10-6-5-7-11-17/h5-13H,14-15H2,1-4H3. The predicted molar refractivity (Wildman–Crippen MR) is 107 cm³/mol. The number of nitrogens with zero attached hydrogens (tertiary/aromatic N) is 3. The van der Waals surface area contributed by atoms with Crippen molar-refractivity contribution in [3.63, 3.8) is 0 Å². The van der Waals surface area contributed by atoms with Gasteiger partial charge in [0.2, 0.25) is 11.7 Å². The van der Waals surface area contributed by atoms with Crippen molar-refractivity contribution in [3.05, 3.63) is 66.1 Å². The SMILES string of the molecule is Cc1cccc(OCC(=O)N(Cc2nc(-c3ccccc3)no2)C(C)(C)C)c1. The van der Waals surface area contributed by atoms with Gasteiger partial charge in [-0.15, -0.1) is 0 Å². The maximum atomic E-state index is 12.8. The molecule has 0 aliphatic rings. The van der Waals surface area contributed by atoms with Crippen molar-refractivity contribution in [2.24, 2.45) is 0 Å². The molecule has 0 atom stereocenters. The Morgan fingerprint density at radius 1 is 1.11 bits per heavy atom. The van der Waals surface area contributed by atoms with Gasteiger partial charge in [-0.25, -0.2) is 0 Å². The molecule has 6 heteroatoms. The Kier molecular flexibility index (Phi) is 5.78. The lowest BCUT2D eigenvalue weighted by atomic mass is 10.1. The highest BCUT2D eigenvalue weighted by atomic mass is 16.5. The summed E-state index contributed by atoms with van der Waals surface area (Å²) in [4.78, 5) is 19.0. The van der Waals surface area contributed by atoms with Crippen LogP contribution in [0.3, 0.4) is 0 Å². The fourth-order valence-corrected chi connectivity index (χ4v) is 2.79. The molecule has 28 heavy (non-hydrogen) atoms. The van der Waals surface area contributed by atoms with Crippen LogP contribution in [0.25, 0.3) is 11.4 Å². The van der Waals surface area contributed by atoms with Gasteiger partial charge in [-0.1, -0.05) is 47.6 Å². The van der Waals surface area contributed by atoms with E-state index in [1.54, 1.807) is 4.90 Å². The highest BCUT2D eigenvalue weighted by Gasteiger charge is 2.29. The molecule has 0 N–H and O–H groups in total. The zero-order valence-corrected chi connectivity index (χ0v) is 16.7. The predicted octanol–water partition coefficient (Wildman–Crippen LogP) is 4.25. The Labute approximate surface area is 165 Å². The maximum Gasteiger partial charge on any atom is 0.261 e. The van der Waals surface area contributed by atoms with Crippen LogP contribution < -0.4 is 4.74 Å². The quantitative estimate of drug-likeness (QED) is 0.640. The lowest BCUT2D eigenvalue weighted by Gasteiger charge is -2.34. The molecule has 0 unspecified atom stereocenters. The molecule has 0 fully saturated rings. The lowest BCUT2D eigenvalue weighted by Crippen LogP contribution is -2.47. The van der Waals surface area contributed by atoms with Crippen LogP contribution in [0.15, 0.2) is 59.1 Å². The van der Waals surface area contributed by atoms with E-state index in [4.69, 9.17) is 9.26 Å². The number of aryl methyl sites for hydroxylation is 1. The molecule has 3 aromatic rings. The molecule has 0 aliphatic carbocycles. The summed E-state index contributed by atoms with van der Waals surface area (Å²) in [6.07, 6.45) is 0. The minimum absolute atomic E-state index is 0.0552. The van der Waals surface area contributed by atoms with Crippen molar-refractivity contribution in [1.29, 1.82) is 0 Å². The number of carbonyl (C=O) groups is 1. The Balaban J connectivity index is 1.70. The number of rotatable bonds is 6. The van der Waals surface area contributed by atoms with E-state index in [1.807, 2.05) is 82.3 Å². The van der Waals surface area contributed by atoms with Crippen LogP contribution in [0.1, 0.15) is 32.2 Å². The fraction of sp³-hybridized carbons (Fsp3) is 0.318. The van der Waals surface area contributed by atoms with Gasteiger partial charge in [0, 0.05) is 11.1 Å². The molecule has 1 aromatic heterocycles. The third kappa shape index (κ3) is 4.97. The minimum atomic E-state index is -0.422. The van der Waals surface area contributed by atoms with Gasteiger partial charge in [-0.2, -0.15) is 4.98 Å². The minimum Gasteiger partial charge on any atom is -0.484 e. The summed E-state index contributed by atoms with van der Waals surface area (Å²) in [6, 6.07) is 17.2. The Hall–Kier alpha value is -3.15. The van der Waals surface area contributed by atoms with E-state index in [-0.39, 0.29) is 19.1 Å². The van der Waals surface area contributed by atoms with E-state index in [0.717, 1.165) is 11.1 Å². The van der Waals surface area contributed by atoms with Gasteiger partial charge in [-0.05, 0) is 45.4 Å². The van der Waals surface area contributed by atoms with Crippen molar-refractivity contribution in [2.45, 2.75) is 39.8 Å². The molecule has 146 valence electrons. The average Bonchev–Trinajstić information content (AvgIpc) is 3.13. The first-order chi connectivity index (χ1) is 13.3. The number of hydrogen-bond acceptors (Lipinski definition) is 5. The van der Waals surface area contributed by atoms with Crippen LogP contribution in [0.4, 0.5) is 0 Å². The topological polar surface area (TPSA) is 68.5 Å². The third-order valence-electron chi connectivity index (χ3n) is 4.26. The maximum absolute atomic E-state index is 12.8. The van der Waals surface area contributed by atoms with Crippen LogP contribution in [-0.4, -0.2) is 33.1 Å². The van der Waals surface area contributed by atoms with E-state index in [9.17, 15) is 4.79 Å². The second-order valence-corrected chi connectivity index (χ2v) is 7.63. The van der Waals surface area contributed by atoms with E-state index in [2.05, 4.69) is 10.1 Å². The number of carbonyl (C=O) groups excluding carboxylic acids is 1. The summed E-state index contributed by atoms with van der Waals surface area (Å²) in [5.41, 5.74) is 1.53. The van der Waals surface area contributed by atoms with Crippen LogP contribution in [-0.2, 0) is 11.3 Å². The summed E-state index contributed by atoms with van der Waals surface area (Å²) >= 11 is 0. The molecule has 3 rings (SSSR count). The van der Waals surface area contributed by atoms with Crippen LogP contribution in [0.2, 0.25) is 0 Å². The number of aromatic nitrogens is 2. The molecular weight excluding hydrogens is 354 g/mol. The third-order valence-corrected chi connectivity index (χ3v) is 4.26. The van der Waals surface area contributed by atoms with Gasteiger partial charge in [0.1, 0.15) is 12.3 Å².